The number of halogens is 1. The number of carbonyl (C=O) groups excluding carboxylic acids is 1. The molecule has 0 saturated carbocycles. The summed E-state index contributed by atoms with van der Waals surface area (Å²) in [6.07, 6.45) is 1.30. The number of aldehydes is 1. The third-order valence-electron chi connectivity index (χ3n) is 3.24. The van der Waals surface area contributed by atoms with Gasteiger partial charge in [-0.25, -0.2) is 0 Å². The van der Waals surface area contributed by atoms with Crippen molar-refractivity contribution in [1.82, 2.24) is 15.4 Å². The smallest absolute Gasteiger partial charge is 0.172 e. The third-order valence-corrected chi connectivity index (χ3v) is 3.77. The van der Waals surface area contributed by atoms with Crippen molar-refractivity contribution in [2.75, 3.05) is 0 Å². The molecule has 1 N–H and O–H groups in total. The quantitative estimate of drug-likeness (QED) is 0.737. The Hall–Kier alpha value is -2.27. The molecule has 4 nitrogen and oxygen atoms in total. The van der Waals surface area contributed by atoms with Crippen molar-refractivity contribution in [2.45, 2.75) is 6.42 Å². The summed E-state index contributed by atoms with van der Waals surface area (Å²) in [6.45, 7) is 0. The van der Waals surface area contributed by atoms with E-state index in [9.17, 15) is 4.79 Å². The largest absolute Gasteiger partial charge is 0.296 e. The van der Waals surface area contributed by atoms with Crippen molar-refractivity contribution in [3.8, 4) is 11.1 Å². The van der Waals surface area contributed by atoms with E-state index in [0.29, 0.717) is 17.8 Å². The van der Waals surface area contributed by atoms with Gasteiger partial charge in [0.15, 0.2) is 6.29 Å². The predicted octanol–water partition coefficient (Wildman–Crippen LogP) is 3.64. The number of H-pyrrole nitrogens is 1. The van der Waals surface area contributed by atoms with E-state index < -0.39 is 0 Å². The Labute approximate surface area is 130 Å². The molecular formula is C16H12BrN3O. The van der Waals surface area contributed by atoms with Crippen LogP contribution in [0.5, 0.6) is 0 Å². The molecule has 0 atom stereocenters. The summed E-state index contributed by atoms with van der Waals surface area (Å²) in [5.74, 6) is 0. The molecule has 0 radical (unpaired) electrons. The van der Waals surface area contributed by atoms with E-state index in [-0.39, 0.29) is 0 Å². The number of benzene rings is 2. The van der Waals surface area contributed by atoms with Crippen LogP contribution in [0.2, 0.25) is 0 Å². The van der Waals surface area contributed by atoms with Crippen molar-refractivity contribution in [3.63, 3.8) is 0 Å². The van der Waals surface area contributed by atoms with Crippen molar-refractivity contribution in [2.24, 2.45) is 0 Å². The molecule has 0 saturated heterocycles. The van der Waals surface area contributed by atoms with E-state index in [1.165, 1.54) is 0 Å². The van der Waals surface area contributed by atoms with Crippen LogP contribution in [-0.4, -0.2) is 21.7 Å². The highest BCUT2D eigenvalue weighted by molar-refractivity contribution is 9.10. The lowest BCUT2D eigenvalue weighted by Crippen LogP contribution is -1.94. The Morgan fingerprint density at radius 1 is 1.05 bits per heavy atom. The van der Waals surface area contributed by atoms with Crippen LogP contribution in [-0.2, 0) is 6.42 Å². The molecule has 1 heterocycles. The summed E-state index contributed by atoms with van der Waals surface area (Å²) >= 11 is 3.44. The van der Waals surface area contributed by atoms with Gasteiger partial charge in [0.05, 0.1) is 5.69 Å². The van der Waals surface area contributed by atoms with Gasteiger partial charge in [0.25, 0.3) is 0 Å². The Bertz CT molecular complexity index is 765. The highest BCUT2D eigenvalue weighted by Gasteiger charge is 2.08. The lowest BCUT2D eigenvalue weighted by atomic mass is 10.0. The van der Waals surface area contributed by atoms with E-state index >= 15 is 0 Å². The first-order chi connectivity index (χ1) is 10.3. The number of nitrogens with one attached hydrogen (secondary N) is 1. The fourth-order valence-corrected chi connectivity index (χ4v) is 2.45. The van der Waals surface area contributed by atoms with Gasteiger partial charge in [0.2, 0.25) is 0 Å². The molecule has 3 aromatic rings. The predicted molar refractivity (Wildman–Crippen MR) is 84.2 cm³/mol. The van der Waals surface area contributed by atoms with E-state index in [1.807, 2.05) is 24.3 Å². The topological polar surface area (TPSA) is 58.6 Å². The first-order valence-corrected chi connectivity index (χ1v) is 7.25. The minimum absolute atomic E-state index is 0.365. The van der Waals surface area contributed by atoms with E-state index in [2.05, 4.69) is 55.6 Å². The summed E-state index contributed by atoms with van der Waals surface area (Å²) in [5, 5.41) is 10.3. The number of hydrogen-bond acceptors (Lipinski definition) is 3. The van der Waals surface area contributed by atoms with Crippen LogP contribution in [0.15, 0.2) is 53.0 Å². The van der Waals surface area contributed by atoms with E-state index in [0.717, 1.165) is 27.4 Å². The van der Waals surface area contributed by atoms with Crippen LogP contribution in [0.3, 0.4) is 0 Å². The molecule has 0 spiro atoms. The maximum atomic E-state index is 10.9. The molecule has 0 aliphatic carbocycles. The number of rotatable bonds is 4. The van der Waals surface area contributed by atoms with Crippen molar-refractivity contribution >= 4 is 22.2 Å². The Kier molecular flexibility index (Phi) is 3.92. The van der Waals surface area contributed by atoms with Crippen LogP contribution < -0.4 is 0 Å². The van der Waals surface area contributed by atoms with Crippen molar-refractivity contribution in [3.05, 3.63) is 70.0 Å². The molecule has 3 rings (SSSR count). The molecule has 5 heteroatoms. The van der Waals surface area contributed by atoms with Gasteiger partial charge in [-0.05, 0) is 28.8 Å². The lowest BCUT2D eigenvalue weighted by molar-refractivity contribution is 0.111. The van der Waals surface area contributed by atoms with Gasteiger partial charge < -0.3 is 0 Å². The normalized spacial score (nSPS) is 10.5. The molecule has 21 heavy (non-hydrogen) atoms. The number of hydrogen-bond donors (Lipinski definition) is 1. The average Bonchev–Trinajstić information content (AvgIpc) is 2.95. The van der Waals surface area contributed by atoms with Gasteiger partial charge in [-0.2, -0.15) is 15.4 Å². The van der Waals surface area contributed by atoms with Gasteiger partial charge in [0.1, 0.15) is 5.69 Å². The summed E-state index contributed by atoms with van der Waals surface area (Å²) in [7, 11) is 0. The molecule has 1 aromatic heterocycles. The van der Waals surface area contributed by atoms with Gasteiger partial charge in [0, 0.05) is 10.9 Å². The second-order valence-corrected chi connectivity index (χ2v) is 5.57. The fraction of sp³-hybridized carbons (Fsp3) is 0.0625. The molecule has 0 bridgehead atoms. The van der Waals surface area contributed by atoms with Crippen LogP contribution in [0.1, 0.15) is 21.7 Å². The zero-order valence-electron chi connectivity index (χ0n) is 11.1. The number of nitrogens with zero attached hydrogens (tertiary/aromatic N) is 2. The first-order valence-electron chi connectivity index (χ1n) is 6.46. The first kappa shape index (κ1) is 13.7. The van der Waals surface area contributed by atoms with E-state index in [4.69, 9.17) is 0 Å². The second-order valence-electron chi connectivity index (χ2n) is 4.66. The lowest BCUT2D eigenvalue weighted by Gasteiger charge is -2.05. The van der Waals surface area contributed by atoms with Gasteiger partial charge in [-0.15, -0.1) is 0 Å². The molecule has 104 valence electrons. The second kappa shape index (κ2) is 6.01. The zero-order valence-corrected chi connectivity index (χ0v) is 12.7. The van der Waals surface area contributed by atoms with Gasteiger partial charge in [-0.3, -0.25) is 4.79 Å². The third kappa shape index (κ3) is 3.08. The average molecular weight is 342 g/mol. The summed E-state index contributed by atoms with van der Waals surface area (Å²) in [4.78, 5) is 10.9. The minimum Gasteiger partial charge on any atom is -0.296 e. The zero-order chi connectivity index (χ0) is 14.7. The number of aromatic nitrogens is 3. The highest BCUT2D eigenvalue weighted by Crippen LogP contribution is 2.23. The van der Waals surface area contributed by atoms with Crippen molar-refractivity contribution in [1.29, 1.82) is 0 Å². The summed E-state index contributed by atoms with van der Waals surface area (Å²) < 4.78 is 1.06. The minimum atomic E-state index is 0.365. The summed E-state index contributed by atoms with van der Waals surface area (Å²) in [5.41, 5.74) is 4.40. The molecule has 0 amide bonds. The monoisotopic (exact) mass is 341 g/mol. The van der Waals surface area contributed by atoms with Crippen LogP contribution >= 0.6 is 15.9 Å². The number of aromatic amines is 1. The van der Waals surface area contributed by atoms with Crippen LogP contribution in [0.25, 0.3) is 11.1 Å². The molecule has 0 aliphatic rings. The van der Waals surface area contributed by atoms with Crippen LogP contribution in [0, 0.1) is 0 Å². The number of carbonyl (C=O) groups is 1. The van der Waals surface area contributed by atoms with Gasteiger partial charge in [-0.1, -0.05) is 52.3 Å². The maximum Gasteiger partial charge on any atom is 0.172 e. The molecule has 2 aromatic carbocycles. The SMILES string of the molecule is O=Cc1n[nH]nc1Cc1cccc(-c2ccc(Br)cc2)c1. The molecule has 0 unspecified atom stereocenters. The molecule has 0 aliphatic heterocycles. The maximum absolute atomic E-state index is 10.9. The fourth-order valence-electron chi connectivity index (χ4n) is 2.18. The standard InChI is InChI=1S/C16H12BrN3O/c17-14-6-4-12(5-7-14)13-3-1-2-11(8-13)9-15-16(10-21)19-20-18-15/h1-8,10H,9H2,(H,18,19,20). The van der Waals surface area contributed by atoms with Gasteiger partial charge >= 0.3 is 0 Å². The summed E-state index contributed by atoms with van der Waals surface area (Å²) in [6, 6.07) is 16.4. The van der Waals surface area contributed by atoms with E-state index in [1.54, 1.807) is 0 Å². The van der Waals surface area contributed by atoms with Crippen molar-refractivity contribution < 1.29 is 4.79 Å². The van der Waals surface area contributed by atoms with Crippen LogP contribution in [0.4, 0.5) is 0 Å². The Balaban J connectivity index is 1.89. The highest BCUT2D eigenvalue weighted by atomic mass is 79.9. The Morgan fingerprint density at radius 2 is 1.86 bits per heavy atom. The molecule has 0 fully saturated rings. The molecular weight excluding hydrogens is 330 g/mol. The Morgan fingerprint density at radius 3 is 2.62 bits per heavy atom.